The molecule has 0 aromatic rings. The van der Waals surface area contributed by atoms with E-state index in [1.165, 1.54) is 11.1 Å². The molecule has 6 nitrogen and oxygen atoms in total. The van der Waals surface area contributed by atoms with Gasteiger partial charge in [-0.15, -0.1) is 0 Å². The molecule has 0 amide bonds. The standard InChI is InChI=1S/C26H44O6/c1-7-11-13-21(9-3)17-31-15-19(5)23(25(27)28)24(26(29)30)20(6)16-32-18-22(10-4)14-12-8-2/h17-20H,7-16H2,1-6H3,(H,27,28)(H,29,30)/b21-17?,22-18?,24-23-. The van der Waals surface area contributed by atoms with Gasteiger partial charge in [-0.1, -0.05) is 54.4 Å². The summed E-state index contributed by atoms with van der Waals surface area (Å²) < 4.78 is 11.3. The van der Waals surface area contributed by atoms with Crippen molar-refractivity contribution in [1.82, 2.24) is 0 Å². The number of carboxylic acid groups (broad SMARTS) is 2. The molecule has 0 saturated carbocycles. The Kier molecular flexibility index (Phi) is 16.1. The summed E-state index contributed by atoms with van der Waals surface area (Å²) in [7, 11) is 0. The molecule has 0 heterocycles. The van der Waals surface area contributed by atoms with E-state index in [-0.39, 0.29) is 24.4 Å². The Labute approximate surface area is 194 Å². The number of carboxylic acids is 2. The van der Waals surface area contributed by atoms with Gasteiger partial charge in [-0.05, 0) is 49.7 Å². The minimum Gasteiger partial charge on any atom is -0.501 e. The zero-order valence-electron chi connectivity index (χ0n) is 20.9. The average molecular weight is 453 g/mol. The monoisotopic (exact) mass is 452 g/mol. The second-order valence-electron chi connectivity index (χ2n) is 8.37. The van der Waals surface area contributed by atoms with Crippen molar-refractivity contribution in [1.29, 1.82) is 0 Å². The van der Waals surface area contributed by atoms with Gasteiger partial charge in [0, 0.05) is 11.8 Å². The summed E-state index contributed by atoms with van der Waals surface area (Å²) in [5, 5.41) is 19.6. The molecule has 0 fully saturated rings. The summed E-state index contributed by atoms with van der Waals surface area (Å²) >= 11 is 0. The van der Waals surface area contributed by atoms with Crippen LogP contribution in [0.2, 0.25) is 0 Å². The number of aliphatic carboxylic acids is 2. The molecule has 0 bridgehead atoms. The molecule has 0 aliphatic carbocycles. The molecule has 32 heavy (non-hydrogen) atoms. The highest BCUT2D eigenvalue weighted by atomic mass is 16.5. The summed E-state index contributed by atoms with van der Waals surface area (Å²) in [6.45, 7) is 12.0. The Balaban J connectivity index is 5.43. The third kappa shape index (κ3) is 11.4. The molecule has 0 radical (unpaired) electrons. The van der Waals surface area contributed by atoms with Crippen LogP contribution in [0.3, 0.4) is 0 Å². The van der Waals surface area contributed by atoms with E-state index in [4.69, 9.17) is 9.47 Å². The number of carbonyl (C=O) groups is 2. The van der Waals surface area contributed by atoms with Crippen molar-refractivity contribution >= 4 is 11.9 Å². The van der Waals surface area contributed by atoms with Crippen LogP contribution >= 0.6 is 0 Å². The summed E-state index contributed by atoms with van der Waals surface area (Å²) in [6, 6.07) is 0. The Bertz CT molecular complexity index is 603. The van der Waals surface area contributed by atoms with Crippen LogP contribution in [0.15, 0.2) is 34.8 Å². The fourth-order valence-electron chi connectivity index (χ4n) is 3.42. The maximum atomic E-state index is 12.0. The first-order valence-electron chi connectivity index (χ1n) is 12.0. The van der Waals surface area contributed by atoms with Gasteiger partial charge < -0.3 is 19.7 Å². The van der Waals surface area contributed by atoms with Crippen molar-refractivity contribution in [2.45, 2.75) is 92.9 Å². The summed E-state index contributed by atoms with van der Waals surface area (Å²) in [5.74, 6) is -3.62. The lowest BCUT2D eigenvalue weighted by Gasteiger charge is -2.20. The molecule has 2 unspecified atom stereocenters. The minimum absolute atomic E-state index is 0.110. The molecule has 0 aliphatic heterocycles. The maximum Gasteiger partial charge on any atom is 0.332 e. The van der Waals surface area contributed by atoms with Crippen LogP contribution in [0, 0.1) is 11.8 Å². The number of unbranched alkanes of at least 4 members (excludes halogenated alkanes) is 2. The molecule has 0 spiro atoms. The van der Waals surface area contributed by atoms with E-state index in [2.05, 4.69) is 27.7 Å². The molecule has 184 valence electrons. The molecular formula is C26H44O6. The minimum atomic E-state index is -1.23. The van der Waals surface area contributed by atoms with E-state index >= 15 is 0 Å². The Morgan fingerprint density at radius 3 is 1.31 bits per heavy atom. The van der Waals surface area contributed by atoms with Crippen molar-refractivity contribution in [3.63, 3.8) is 0 Å². The lowest BCUT2D eigenvalue weighted by molar-refractivity contribution is -0.137. The second kappa shape index (κ2) is 17.3. The van der Waals surface area contributed by atoms with Gasteiger partial charge in [0.05, 0.1) is 36.9 Å². The third-order valence-electron chi connectivity index (χ3n) is 5.54. The predicted molar refractivity (Wildman–Crippen MR) is 128 cm³/mol. The van der Waals surface area contributed by atoms with Gasteiger partial charge >= 0.3 is 11.9 Å². The first-order valence-corrected chi connectivity index (χ1v) is 12.0. The highest BCUT2D eigenvalue weighted by molar-refractivity contribution is 5.99. The second-order valence-corrected chi connectivity index (χ2v) is 8.37. The largest absolute Gasteiger partial charge is 0.501 e. The predicted octanol–water partition coefficient (Wildman–Crippen LogP) is 6.73. The van der Waals surface area contributed by atoms with Gasteiger partial charge in [0.15, 0.2) is 0 Å². The van der Waals surface area contributed by atoms with Gasteiger partial charge in [-0.2, -0.15) is 0 Å². The molecule has 0 aliphatic rings. The highest BCUT2D eigenvalue weighted by Gasteiger charge is 2.29. The van der Waals surface area contributed by atoms with Crippen LogP contribution < -0.4 is 0 Å². The van der Waals surface area contributed by atoms with Gasteiger partial charge in [-0.25, -0.2) is 9.59 Å². The van der Waals surface area contributed by atoms with Crippen molar-refractivity contribution in [3.8, 4) is 0 Å². The molecule has 0 aromatic carbocycles. The molecule has 2 atom stereocenters. The molecule has 0 rings (SSSR count). The zero-order valence-corrected chi connectivity index (χ0v) is 20.9. The van der Waals surface area contributed by atoms with Crippen molar-refractivity contribution in [2.24, 2.45) is 11.8 Å². The van der Waals surface area contributed by atoms with E-state index in [0.717, 1.165) is 51.4 Å². The molecule has 0 aromatic heterocycles. The quantitative estimate of drug-likeness (QED) is 0.177. The van der Waals surface area contributed by atoms with Gasteiger partial charge in [0.25, 0.3) is 0 Å². The zero-order chi connectivity index (χ0) is 24.5. The number of allylic oxidation sites excluding steroid dienone is 2. The normalized spacial score (nSPS) is 15.1. The topological polar surface area (TPSA) is 93.1 Å². The molecule has 0 saturated heterocycles. The number of ether oxygens (including phenoxy) is 2. The van der Waals surface area contributed by atoms with E-state index < -0.39 is 23.8 Å². The van der Waals surface area contributed by atoms with Crippen LogP contribution in [0.5, 0.6) is 0 Å². The third-order valence-corrected chi connectivity index (χ3v) is 5.54. The lowest BCUT2D eigenvalue weighted by Crippen LogP contribution is -2.25. The van der Waals surface area contributed by atoms with E-state index in [0.29, 0.717) is 0 Å². The molecule has 2 N–H and O–H groups in total. The first kappa shape index (κ1) is 29.8. The molecular weight excluding hydrogens is 408 g/mol. The Morgan fingerprint density at radius 1 is 0.719 bits per heavy atom. The van der Waals surface area contributed by atoms with Crippen molar-refractivity contribution in [3.05, 3.63) is 34.8 Å². The maximum absolute atomic E-state index is 12.0. The first-order chi connectivity index (χ1) is 15.2. The van der Waals surface area contributed by atoms with E-state index in [1.54, 1.807) is 26.4 Å². The Morgan fingerprint density at radius 2 is 1.06 bits per heavy atom. The fourth-order valence-corrected chi connectivity index (χ4v) is 3.42. The highest BCUT2D eigenvalue weighted by Crippen LogP contribution is 2.24. The number of rotatable bonds is 18. The van der Waals surface area contributed by atoms with Crippen molar-refractivity contribution < 1.29 is 29.3 Å². The van der Waals surface area contributed by atoms with Gasteiger partial charge in [-0.3, -0.25) is 0 Å². The molecule has 6 heteroatoms. The summed E-state index contributed by atoms with van der Waals surface area (Å²) in [5.41, 5.74) is 2.09. The smallest absolute Gasteiger partial charge is 0.332 e. The number of hydrogen-bond acceptors (Lipinski definition) is 4. The van der Waals surface area contributed by atoms with Crippen LogP contribution in [0.25, 0.3) is 0 Å². The fraction of sp³-hybridized carbons (Fsp3) is 0.692. The van der Waals surface area contributed by atoms with Gasteiger partial charge in [0.2, 0.25) is 0 Å². The average Bonchev–Trinajstić information content (AvgIpc) is 2.75. The number of hydrogen-bond donors (Lipinski definition) is 2. The van der Waals surface area contributed by atoms with E-state index in [1.807, 2.05) is 0 Å². The Hall–Kier alpha value is -2.24. The van der Waals surface area contributed by atoms with E-state index in [9.17, 15) is 19.8 Å². The van der Waals surface area contributed by atoms with Crippen LogP contribution in [-0.2, 0) is 19.1 Å². The van der Waals surface area contributed by atoms with Crippen LogP contribution in [0.4, 0.5) is 0 Å². The SMILES string of the molecule is CCCCC(=COCC(C)/C(C(=O)O)=C(/C(=O)O)C(C)COC=C(CC)CCCC)CC. The summed E-state index contributed by atoms with van der Waals surface area (Å²) in [6.07, 6.45) is 11.4. The van der Waals surface area contributed by atoms with Crippen molar-refractivity contribution in [2.75, 3.05) is 13.2 Å². The van der Waals surface area contributed by atoms with Crippen LogP contribution in [-0.4, -0.2) is 35.4 Å². The summed E-state index contributed by atoms with van der Waals surface area (Å²) in [4.78, 5) is 24.0. The van der Waals surface area contributed by atoms with Gasteiger partial charge in [0.1, 0.15) is 0 Å². The van der Waals surface area contributed by atoms with Crippen LogP contribution in [0.1, 0.15) is 92.9 Å². The lowest BCUT2D eigenvalue weighted by atomic mass is 9.89.